The van der Waals surface area contributed by atoms with Crippen molar-refractivity contribution in [3.8, 4) is 0 Å². The smallest absolute Gasteiger partial charge is 0.412 e. The molecule has 1 aromatic rings. The second kappa shape index (κ2) is 8.39. The van der Waals surface area contributed by atoms with Gasteiger partial charge in [0.2, 0.25) is 0 Å². The third kappa shape index (κ3) is 6.96. The first-order valence-electron chi connectivity index (χ1n) is 7.04. The molecular formula is C16H24BrNO3. The van der Waals surface area contributed by atoms with Crippen LogP contribution in [0.25, 0.3) is 0 Å². The molecule has 0 atom stereocenters. The summed E-state index contributed by atoms with van der Waals surface area (Å²) < 4.78 is 11.6. The van der Waals surface area contributed by atoms with Gasteiger partial charge in [0.05, 0.1) is 0 Å². The number of amides is 1. The minimum atomic E-state index is -0.495. The average molecular weight is 358 g/mol. The summed E-state index contributed by atoms with van der Waals surface area (Å²) in [5.41, 5.74) is 0.741. The number of hydrogen-bond donors (Lipinski definition) is 0. The Labute approximate surface area is 135 Å². The molecule has 0 bridgehead atoms. The molecule has 0 spiro atoms. The lowest BCUT2D eigenvalue weighted by Crippen LogP contribution is -2.38. The first-order chi connectivity index (χ1) is 9.83. The zero-order chi connectivity index (χ0) is 15.9. The van der Waals surface area contributed by atoms with Crippen LogP contribution in [0.5, 0.6) is 0 Å². The van der Waals surface area contributed by atoms with E-state index in [1.54, 1.807) is 12.0 Å². The maximum absolute atomic E-state index is 12.1. The van der Waals surface area contributed by atoms with Gasteiger partial charge in [-0.3, -0.25) is 4.90 Å². The summed E-state index contributed by atoms with van der Waals surface area (Å²) in [6.07, 6.45) is 1.41. The lowest BCUT2D eigenvalue weighted by atomic mass is 10.1. The van der Waals surface area contributed by atoms with Crippen molar-refractivity contribution >= 4 is 22.0 Å². The summed E-state index contributed by atoms with van der Waals surface area (Å²) in [5.74, 6) is 0. The van der Waals surface area contributed by atoms with Crippen molar-refractivity contribution in [2.45, 2.75) is 39.2 Å². The molecule has 5 heteroatoms. The van der Waals surface area contributed by atoms with Crippen molar-refractivity contribution in [3.05, 3.63) is 34.3 Å². The van der Waals surface area contributed by atoms with Crippen LogP contribution < -0.4 is 0 Å². The summed E-state index contributed by atoms with van der Waals surface area (Å²) in [6.45, 7) is 6.42. The number of methoxy groups -OCH3 is 1. The zero-order valence-corrected chi connectivity index (χ0v) is 14.8. The van der Waals surface area contributed by atoms with Gasteiger partial charge in [-0.25, -0.2) is 4.79 Å². The van der Waals surface area contributed by atoms with E-state index in [1.807, 2.05) is 39.0 Å². The maximum Gasteiger partial charge on any atom is 0.412 e. The highest BCUT2D eigenvalue weighted by atomic mass is 79.9. The quantitative estimate of drug-likeness (QED) is 0.715. The lowest BCUT2D eigenvalue weighted by molar-refractivity contribution is -0.00310. The van der Waals surface area contributed by atoms with E-state index in [9.17, 15) is 4.79 Å². The van der Waals surface area contributed by atoms with Crippen LogP contribution in [0.2, 0.25) is 0 Å². The van der Waals surface area contributed by atoms with Crippen LogP contribution in [-0.2, 0) is 15.9 Å². The van der Waals surface area contributed by atoms with E-state index in [-0.39, 0.29) is 12.8 Å². The normalized spacial score (nSPS) is 11.3. The van der Waals surface area contributed by atoms with E-state index in [2.05, 4.69) is 22.0 Å². The largest absolute Gasteiger partial charge is 0.444 e. The Morgan fingerprint density at radius 1 is 1.29 bits per heavy atom. The van der Waals surface area contributed by atoms with Crippen LogP contribution >= 0.6 is 15.9 Å². The van der Waals surface area contributed by atoms with Gasteiger partial charge in [0.1, 0.15) is 12.3 Å². The van der Waals surface area contributed by atoms with Crippen molar-refractivity contribution in [2.75, 3.05) is 20.4 Å². The van der Waals surface area contributed by atoms with Gasteiger partial charge < -0.3 is 9.47 Å². The van der Waals surface area contributed by atoms with Crippen molar-refractivity contribution in [1.82, 2.24) is 4.90 Å². The Hall–Kier alpha value is -1.07. The fraction of sp³-hybridized carbons (Fsp3) is 0.562. The van der Waals surface area contributed by atoms with Crippen LogP contribution in [0, 0.1) is 0 Å². The Bertz CT molecular complexity index is 457. The van der Waals surface area contributed by atoms with Crippen LogP contribution in [-0.4, -0.2) is 37.0 Å². The summed E-state index contributed by atoms with van der Waals surface area (Å²) >= 11 is 3.53. The predicted molar refractivity (Wildman–Crippen MR) is 87.3 cm³/mol. The molecule has 1 rings (SSSR count). The fourth-order valence-corrected chi connectivity index (χ4v) is 2.34. The molecule has 0 saturated carbocycles. The molecule has 0 aliphatic rings. The van der Waals surface area contributed by atoms with E-state index < -0.39 is 5.60 Å². The second-order valence-corrected chi connectivity index (χ2v) is 6.71. The summed E-state index contributed by atoms with van der Waals surface area (Å²) in [5, 5.41) is 0. The number of ether oxygens (including phenoxy) is 2. The predicted octanol–water partition coefficient (Wildman–Crippen LogP) is 4.22. The number of hydrogen-bond acceptors (Lipinski definition) is 3. The molecule has 0 radical (unpaired) electrons. The zero-order valence-electron chi connectivity index (χ0n) is 13.2. The van der Waals surface area contributed by atoms with Crippen LogP contribution in [0.1, 0.15) is 32.8 Å². The van der Waals surface area contributed by atoms with E-state index in [1.165, 1.54) is 5.56 Å². The molecule has 118 valence electrons. The number of carbonyl (C=O) groups is 1. The third-order valence-corrected chi connectivity index (χ3v) is 3.54. The number of carbonyl (C=O) groups excluding carboxylic acids is 1. The molecule has 0 fully saturated rings. The minimum Gasteiger partial charge on any atom is -0.444 e. The molecule has 0 aromatic heterocycles. The first-order valence-corrected chi connectivity index (χ1v) is 7.83. The molecule has 0 heterocycles. The van der Waals surface area contributed by atoms with Crippen molar-refractivity contribution < 1.29 is 14.3 Å². The minimum absolute atomic E-state index is 0.241. The monoisotopic (exact) mass is 357 g/mol. The number of halogens is 1. The van der Waals surface area contributed by atoms with Crippen LogP contribution in [0.4, 0.5) is 4.79 Å². The van der Waals surface area contributed by atoms with Gasteiger partial charge in [-0.05, 0) is 45.2 Å². The maximum atomic E-state index is 12.1. The van der Waals surface area contributed by atoms with E-state index in [0.29, 0.717) is 6.54 Å². The third-order valence-electron chi connectivity index (χ3n) is 2.77. The highest BCUT2D eigenvalue weighted by Gasteiger charge is 2.21. The SMILES string of the molecule is COCN(CCCc1ccccc1Br)C(=O)OC(C)(C)C. The summed E-state index contributed by atoms with van der Waals surface area (Å²) in [4.78, 5) is 13.7. The summed E-state index contributed by atoms with van der Waals surface area (Å²) in [6, 6.07) is 8.11. The van der Waals surface area contributed by atoms with Crippen molar-refractivity contribution in [1.29, 1.82) is 0 Å². The molecule has 0 aliphatic heterocycles. The first kappa shape index (κ1) is 18.0. The van der Waals surface area contributed by atoms with Gasteiger partial charge in [-0.2, -0.15) is 0 Å². The Balaban J connectivity index is 2.51. The number of rotatable bonds is 6. The topological polar surface area (TPSA) is 38.8 Å². The van der Waals surface area contributed by atoms with Gasteiger partial charge in [0.15, 0.2) is 0 Å². The van der Waals surface area contributed by atoms with Crippen LogP contribution in [0.3, 0.4) is 0 Å². The van der Waals surface area contributed by atoms with E-state index in [4.69, 9.17) is 9.47 Å². The van der Waals surface area contributed by atoms with Gasteiger partial charge >= 0.3 is 6.09 Å². The van der Waals surface area contributed by atoms with Crippen LogP contribution in [0.15, 0.2) is 28.7 Å². The molecule has 0 N–H and O–H groups in total. The molecule has 0 unspecified atom stereocenters. The molecule has 0 aliphatic carbocycles. The fourth-order valence-electron chi connectivity index (χ4n) is 1.85. The average Bonchev–Trinajstić information content (AvgIpc) is 2.38. The van der Waals surface area contributed by atoms with Gasteiger partial charge in [-0.15, -0.1) is 0 Å². The highest BCUT2D eigenvalue weighted by Crippen LogP contribution is 2.18. The highest BCUT2D eigenvalue weighted by molar-refractivity contribution is 9.10. The lowest BCUT2D eigenvalue weighted by Gasteiger charge is -2.26. The van der Waals surface area contributed by atoms with E-state index in [0.717, 1.165) is 17.3 Å². The number of aryl methyl sites for hydroxylation is 1. The molecule has 1 aromatic carbocycles. The van der Waals surface area contributed by atoms with Gasteiger partial charge in [0, 0.05) is 18.1 Å². The Kier molecular flexibility index (Phi) is 7.18. The van der Waals surface area contributed by atoms with Gasteiger partial charge in [0.25, 0.3) is 0 Å². The number of benzene rings is 1. The molecule has 0 saturated heterocycles. The Morgan fingerprint density at radius 2 is 1.95 bits per heavy atom. The summed E-state index contributed by atoms with van der Waals surface area (Å²) in [7, 11) is 1.57. The molecular weight excluding hydrogens is 334 g/mol. The molecule has 4 nitrogen and oxygen atoms in total. The van der Waals surface area contributed by atoms with Crippen molar-refractivity contribution in [2.24, 2.45) is 0 Å². The number of nitrogens with zero attached hydrogens (tertiary/aromatic N) is 1. The van der Waals surface area contributed by atoms with Crippen molar-refractivity contribution in [3.63, 3.8) is 0 Å². The van der Waals surface area contributed by atoms with E-state index >= 15 is 0 Å². The molecule has 21 heavy (non-hydrogen) atoms. The molecule has 1 amide bonds. The standard InChI is InChI=1S/C16H24BrNO3/c1-16(2,3)21-15(19)18(12-20-4)11-7-9-13-8-5-6-10-14(13)17/h5-6,8,10H,7,9,11-12H2,1-4H3. The van der Waals surface area contributed by atoms with Gasteiger partial charge in [-0.1, -0.05) is 34.1 Å². The second-order valence-electron chi connectivity index (χ2n) is 5.86. The Morgan fingerprint density at radius 3 is 2.52 bits per heavy atom.